The van der Waals surface area contributed by atoms with Crippen LogP contribution in [0.25, 0.3) is 5.57 Å². The van der Waals surface area contributed by atoms with E-state index in [4.69, 9.17) is 0 Å². The minimum Gasteiger partial charge on any atom is -0.364 e. The van der Waals surface area contributed by atoms with E-state index in [1.807, 2.05) is 0 Å². The molecule has 0 atom stereocenters. The molecule has 5 rings (SSSR count). The molecule has 134 valence electrons. The number of hydrogen-bond acceptors (Lipinski definition) is 2. The fourth-order valence-electron chi connectivity index (χ4n) is 5.28. The van der Waals surface area contributed by atoms with Crippen LogP contribution in [0.5, 0.6) is 0 Å². The molecule has 0 unspecified atom stereocenters. The minimum absolute atomic E-state index is 0.689. The lowest BCUT2D eigenvalue weighted by molar-refractivity contribution is 0.155. The van der Waals surface area contributed by atoms with E-state index in [1.54, 1.807) is 11.1 Å². The van der Waals surface area contributed by atoms with Crippen molar-refractivity contribution in [1.82, 2.24) is 4.90 Å². The summed E-state index contributed by atoms with van der Waals surface area (Å²) in [4.78, 5) is 5.43. The number of hydrogen-bond donors (Lipinski definition) is 0. The maximum Gasteiger partial charge on any atom is 0.0448 e. The Morgan fingerprint density at radius 2 is 1.50 bits per heavy atom. The average Bonchev–Trinajstić information content (AvgIpc) is 3.30. The molecule has 0 bridgehead atoms. The fraction of sp³-hybridized carbons (Fsp3) is 0.417. The summed E-state index contributed by atoms with van der Waals surface area (Å²) in [5.74, 6) is 0. The standard InChI is InChI=1S/C24H28N2/c1-2-18-17-26(24-10-6-5-9-23(18)24)21-11-13-25(14-12-21)22-15-19-7-3-4-8-20(19)16-22/h2-10,21-22H,11-17H2,1H3. The Hall–Kier alpha value is -2.06. The number of likely N-dealkylation sites (tertiary alicyclic amines) is 1. The molecule has 1 fully saturated rings. The van der Waals surface area contributed by atoms with Crippen LogP contribution in [0, 0.1) is 0 Å². The van der Waals surface area contributed by atoms with E-state index in [2.05, 4.69) is 71.3 Å². The van der Waals surface area contributed by atoms with Crippen LogP contribution < -0.4 is 4.90 Å². The molecule has 0 spiro atoms. The number of nitrogens with zero attached hydrogens (tertiary/aromatic N) is 2. The van der Waals surface area contributed by atoms with Crippen molar-refractivity contribution in [3.63, 3.8) is 0 Å². The Kier molecular flexibility index (Phi) is 4.09. The summed E-state index contributed by atoms with van der Waals surface area (Å²) in [6.07, 6.45) is 7.37. The highest BCUT2D eigenvalue weighted by atomic mass is 15.2. The lowest BCUT2D eigenvalue weighted by atomic mass is 10.0. The molecule has 2 heterocycles. The van der Waals surface area contributed by atoms with Gasteiger partial charge in [0.1, 0.15) is 0 Å². The van der Waals surface area contributed by atoms with E-state index in [-0.39, 0.29) is 0 Å². The zero-order valence-corrected chi connectivity index (χ0v) is 15.7. The van der Waals surface area contributed by atoms with Gasteiger partial charge in [-0.25, -0.2) is 0 Å². The van der Waals surface area contributed by atoms with Crippen LogP contribution in [0.1, 0.15) is 36.5 Å². The highest BCUT2D eigenvalue weighted by molar-refractivity contribution is 5.85. The molecular formula is C24H28N2. The third kappa shape index (κ3) is 2.68. The third-order valence-electron chi connectivity index (χ3n) is 6.73. The van der Waals surface area contributed by atoms with E-state index < -0.39 is 0 Å². The van der Waals surface area contributed by atoms with Gasteiger partial charge in [0, 0.05) is 43.0 Å². The van der Waals surface area contributed by atoms with Crippen LogP contribution in [0.3, 0.4) is 0 Å². The van der Waals surface area contributed by atoms with E-state index >= 15 is 0 Å². The molecule has 2 aliphatic heterocycles. The zero-order valence-electron chi connectivity index (χ0n) is 15.7. The van der Waals surface area contributed by atoms with Gasteiger partial charge in [-0.15, -0.1) is 0 Å². The second-order valence-electron chi connectivity index (χ2n) is 8.06. The highest BCUT2D eigenvalue weighted by Gasteiger charge is 2.34. The summed E-state index contributed by atoms with van der Waals surface area (Å²) in [7, 11) is 0. The van der Waals surface area contributed by atoms with Crippen molar-refractivity contribution in [2.45, 2.75) is 44.7 Å². The van der Waals surface area contributed by atoms with Crippen molar-refractivity contribution in [3.8, 4) is 0 Å². The van der Waals surface area contributed by atoms with Gasteiger partial charge >= 0.3 is 0 Å². The van der Waals surface area contributed by atoms with Crippen molar-refractivity contribution in [3.05, 3.63) is 71.3 Å². The predicted molar refractivity (Wildman–Crippen MR) is 110 cm³/mol. The predicted octanol–water partition coefficient (Wildman–Crippen LogP) is 4.54. The third-order valence-corrected chi connectivity index (χ3v) is 6.73. The van der Waals surface area contributed by atoms with Gasteiger partial charge in [0.15, 0.2) is 0 Å². The highest BCUT2D eigenvalue weighted by Crippen LogP contribution is 2.39. The molecule has 2 heteroatoms. The van der Waals surface area contributed by atoms with Crippen LogP contribution in [0.4, 0.5) is 5.69 Å². The monoisotopic (exact) mass is 344 g/mol. The maximum atomic E-state index is 2.76. The summed E-state index contributed by atoms with van der Waals surface area (Å²) < 4.78 is 0. The van der Waals surface area contributed by atoms with Crippen LogP contribution in [0.2, 0.25) is 0 Å². The second kappa shape index (κ2) is 6.59. The Morgan fingerprint density at radius 3 is 2.19 bits per heavy atom. The second-order valence-corrected chi connectivity index (χ2v) is 8.06. The molecule has 0 N–H and O–H groups in total. The Morgan fingerprint density at radius 1 is 0.846 bits per heavy atom. The first-order valence-electron chi connectivity index (χ1n) is 10.2. The largest absolute Gasteiger partial charge is 0.364 e. The van der Waals surface area contributed by atoms with Crippen molar-refractivity contribution in [1.29, 1.82) is 0 Å². The number of rotatable bonds is 2. The average molecular weight is 345 g/mol. The van der Waals surface area contributed by atoms with Crippen molar-refractivity contribution < 1.29 is 0 Å². The van der Waals surface area contributed by atoms with E-state index in [0.29, 0.717) is 6.04 Å². The first kappa shape index (κ1) is 16.1. The minimum atomic E-state index is 0.689. The first-order chi connectivity index (χ1) is 12.8. The van der Waals surface area contributed by atoms with Crippen LogP contribution in [-0.2, 0) is 12.8 Å². The van der Waals surface area contributed by atoms with Gasteiger partial charge in [-0.2, -0.15) is 0 Å². The molecule has 1 saturated heterocycles. The molecule has 2 aromatic rings. The lowest BCUT2D eigenvalue weighted by Crippen LogP contribution is -2.48. The molecule has 2 aromatic carbocycles. The molecule has 0 radical (unpaired) electrons. The van der Waals surface area contributed by atoms with Crippen LogP contribution >= 0.6 is 0 Å². The van der Waals surface area contributed by atoms with Crippen LogP contribution in [-0.4, -0.2) is 36.6 Å². The number of anilines is 1. The van der Waals surface area contributed by atoms with E-state index in [1.165, 1.54) is 55.6 Å². The Labute approximate surface area is 157 Å². The quantitative estimate of drug-likeness (QED) is 0.789. The molecule has 0 aromatic heterocycles. The smallest absolute Gasteiger partial charge is 0.0448 e. The zero-order chi connectivity index (χ0) is 17.5. The number of allylic oxidation sites excluding steroid dienone is 1. The Balaban J connectivity index is 1.26. The molecule has 2 nitrogen and oxygen atoms in total. The van der Waals surface area contributed by atoms with Gasteiger partial charge in [0.25, 0.3) is 0 Å². The molecule has 0 saturated carbocycles. The van der Waals surface area contributed by atoms with Gasteiger partial charge in [-0.3, -0.25) is 4.90 Å². The summed E-state index contributed by atoms with van der Waals surface area (Å²) in [6, 6.07) is 19.4. The summed E-state index contributed by atoms with van der Waals surface area (Å²) in [6.45, 7) is 5.76. The molecular weight excluding hydrogens is 316 g/mol. The summed E-state index contributed by atoms with van der Waals surface area (Å²) in [5.41, 5.74) is 7.54. The van der Waals surface area contributed by atoms with Gasteiger partial charge < -0.3 is 4.90 Å². The number of benzene rings is 2. The van der Waals surface area contributed by atoms with Crippen LogP contribution in [0.15, 0.2) is 54.6 Å². The maximum absolute atomic E-state index is 2.76. The van der Waals surface area contributed by atoms with Gasteiger partial charge in [-0.05, 0) is 55.4 Å². The van der Waals surface area contributed by atoms with Gasteiger partial charge in [0.2, 0.25) is 0 Å². The number of piperidine rings is 1. The van der Waals surface area contributed by atoms with Crippen molar-refractivity contribution in [2.24, 2.45) is 0 Å². The molecule has 1 aliphatic carbocycles. The molecule has 26 heavy (non-hydrogen) atoms. The topological polar surface area (TPSA) is 6.48 Å². The SMILES string of the molecule is CC=C1CN(C2CCN(C3Cc4ccccc4C3)CC2)c2ccccc21. The van der Waals surface area contributed by atoms with Crippen molar-refractivity contribution in [2.75, 3.05) is 24.5 Å². The van der Waals surface area contributed by atoms with E-state index in [0.717, 1.165) is 12.6 Å². The molecule has 0 amide bonds. The summed E-state index contributed by atoms with van der Waals surface area (Å²) in [5, 5.41) is 0. The normalized spacial score (nSPS) is 22.8. The van der Waals surface area contributed by atoms with Gasteiger partial charge in [0.05, 0.1) is 0 Å². The lowest BCUT2D eigenvalue weighted by Gasteiger charge is -2.40. The fourth-order valence-corrected chi connectivity index (χ4v) is 5.28. The first-order valence-corrected chi connectivity index (χ1v) is 10.2. The number of para-hydroxylation sites is 1. The summed E-state index contributed by atoms with van der Waals surface area (Å²) >= 11 is 0. The van der Waals surface area contributed by atoms with Gasteiger partial charge in [-0.1, -0.05) is 48.5 Å². The molecule has 3 aliphatic rings. The van der Waals surface area contributed by atoms with Crippen molar-refractivity contribution >= 4 is 11.3 Å². The van der Waals surface area contributed by atoms with E-state index in [9.17, 15) is 0 Å². The number of fused-ring (bicyclic) bond motifs is 2. The Bertz CT molecular complexity index is 805.